The molecule has 1 atom stereocenters. The minimum Gasteiger partial charge on any atom is -0.377 e. The average molecular weight is 629 g/mol. The van der Waals surface area contributed by atoms with Gasteiger partial charge in [0.05, 0.1) is 29.8 Å². The number of likely N-dealkylation sites (tertiary alicyclic amines) is 1. The van der Waals surface area contributed by atoms with Crippen molar-refractivity contribution in [1.29, 1.82) is 0 Å². The van der Waals surface area contributed by atoms with Crippen molar-refractivity contribution in [3.05, 3.63) is 95.1 Å². The Balaban J connectivity index is 0.965. The summed E-state index contributed by atoms with van der Waals surface area (Å²) in [5, 5.41) is 2.36. The van der Waals surface area contributed by atoms with Crippen LogP contribution in [0.3, 0.4) is 0 Å². The molecule has 3 amide bonds. The number of imide groups is 1. The predicted molar refractivity (Wildman–Crippen MR) is 167 cm³/mol. The lowest BCUT2D eigenvalue weighted by Crippen LogP contribution is -2.52. The third-order valence-electron chi connectivity index (χ3n) is 9.46. The number of ether oxygens (including phenoxy) is 1. The summed E-state index contributed by atoms with van der Waals surface area (Å²) < 4.78 is 34.1. The van der Waals surface area contributed by atoms with Gasteiger partial charge in [0.2, 0.25) is 11.8 Å². The summed E-state index contributed by atoms with van der Waals surface area (Å²) in [5.74, 6) is -0.457. The second-order valence-electron chi connectivity index (χ2n) is 12.3. The highest BCUT2D eigenvalue weighted by Gasteiger charge is 2.39. The number of piperidine rings is 2. The molecule has 4 heterocycles. The van der Waals surface area contributed by atoms with Gasteiger partial charge in [0.25, 0.3) is 15.9 Å². The van der Waals surface area contributed by atoms with E-state index >= 15 is 0 Å². The van der Waals surface area contributed by atoms with Crippen LogP contribution in [-0.2, 0) is 37.4 Å². The van der Waals surface area contributed by atoms with Gasteiger partial charge in [-0.05, 0) is 85.3 Å². The van der Waals surface area contributed by atoms with Crippen LogP contribution in [-0.4, -0.2) is 74.3 Å². The fourth-order valence-electron chi connectivity index (χ4n) is 6.89. The van der Waals surface area contributed by atoms with Crippen molar-refractivity contribution >= 4 is 33.4 Å². The van der Waals surface area contributed by atoms with Crippen LogP contribution in [0.5, 0.6) is 0 Å². The minimum atomic E-state index is -3.74. The molecule has 3 fully saturated rings. The highest BCUT2D eigenvalue weighted by Crippen LogP contribution is 2.34. The van der Waals surface area contributed by atoms with E-state index in [0.717, 1.165) is 43.6 Å². The minimum absolute atomic E-state index is 0.149. The van der Waals surface area contributed by atoms with E-state index in [-0.39, 0.29) is 29.2 Å². The van der Waals surface area contributed by atoms with Crippen LogP contribution < -0.4 is 9.62 Å². The average Bonchev–Trinajstić information content (AvgIpc) is 3.35. The Bertz CT molecular complexity index is 1720. The summed E-state index contributed by atoms with van der Waals surface area (Å²) in [6, 6.07) is 21.6. The zero-order chi connectivity index (χ0) is 31.1. The van der Waals surface area contributed by atoms with E-state index in [2.05, 4.69) is 16.3 Å². The molecule has 0 spiro atoms. The molecule has 0 aliphatic carbocycles. The second-order valence-corrected chi connectivity index (χ2v) is 14.2. The molecule has 10 nitrogen and oxygen atoms in total. The van der Waals surface area contributed by atoms with Gasteiger partial charge in [0, 0.05) is 25.1 Å². The zero-order valence-corrected chi connectivity index (χ0v) is 25.7. The first-order valence-corrected chi connectivity index (χ1v) is 17.0. The van der Waals surface area contributed by atoms with Gasteiger partial charge in [-0.25, -0.2) is 8.42 Å². The molecule has 0 saturated carbocycles. The van der Waals surface area contributed by atoms with E-state index in [9.17, 15) is 22.8 Å². The van der Waals surface area contributed by atoms with Crippen molar-refractivity contribution in [3.8, 4) is 0 Å². The van der Waals surface area contributed by atoms with E-state index in [0.29, 0.717) is 43.3 Å². The van der Waals surface area contributed by atoms with E-state index in [1.54, 1.807) is 17.0 Å². The molecule has 1 unspecified atom stereocenters. The molecular formula is C34H36N4O6S. The van der Waals surface area contributed by atoms with Gasteiger partial charge in [0.1, 0.15) is 6.04 Å². The molecule has 0 aromatic heterocycles. The number of sulfonamides is 1. The van der Waals surface area contributed by atoms with Gasteiger partial charge in [-0.3, -0.25) is 28.9 Å². The van der Waals surface area contributed by atoms with Crippen molar-refractivity contribution in [2.75, 3.05) is 30.6 Å². The number of hydrogen-bond donors (Lipinski definition) is 1. The van der Waals surface area contributed by atoms with Crippen LogP contribution in [0.15, 0.2) is 77.7 Å². The van der Waals surface area contributed by atoms with Gasteiger partial charge in [-0.2, -0.15) is 0 Å². The number of rotatable bonds is 8. The summed E-state index contributed by atoms with van der Waals surface area (Å²) in [6.45, 7) is 3.71. The standard InChI is InChI=1S/C34H36N4O6S/c39-32-13-12-31(33(40)35-32)37-20-26-18-25(8-11-30(26)34(37)41)24-14-16-36(17-15-24)19-23-6-9-29(10-7-23)45(42,43)38(28-21-44-22-28)27-4-2-1-3-5-27/h1-11,18,24,28,31H,12-17,19-22H2,(H,35,39,40). The molecule has 4 aliphatic rings. The van der Waals surface area contributed by atoms with E-state index in [1.807, 2.05) is 54.6 Å². The Morgan fingerprint density at radius 3 is 2.29 bits per heavy atom. The first-order chi connectivity index (χ1) is 21.8. The van der Waals surface area contributed by atoms with Crippen molar-refractivity contribution in [3.63, 3.8) is 0 Å². The van der Waals surface area contributed by atoms with Crippen LogP contribution in [0.1, 0.15) is 58.6 Å². The monoisotopic (exact) mass is 628 g/mol. The molecule has 3 aromatic carbocycles. The van der Waals surface area contributed by atoms with Crippen molar-refractivity contribution in [2.24, 2.45) is 0 Å². The van der Waals surface area contributed by atoms with Crippen LogP contribution >= 0.6 is 0 Å². The Labute approximate surface area is 263 Å². The summed E-state index contributed by atoms with van der Waals surface area (Å²) in [5.41, 5.74) is 4.49. The topological polar surface area (TPSA) is 116 Å². The smallest absolute Gasteiger partial charge is 0.264 e. The first kappa shape index (κ1) is 29.6. The number of para-hydroxylation sites is 1. The Morgan fingerprint density at radius 2 is 1.62 bits per heavy atom. The number of nitrogens with zero attached hydrogens (tertiary/aromatic N) is 3. The number of anilines is 1. The SMILES string of the molecule is O=C1CCC(N2Cc3cc(C4CCN(Cc5ccc(S(=O)(=O)N(c6ccccc6)C6COC6)cc5)CC4)ccc3C2=O)C(=O)N1. The van der Waals surface area contributed by atoms with E-state index in [4.69, 9.17) is 4.74 Å². The summed E-state index contributed by atoms with van der Waals surface area (Å²) in [6.07, 6.45) is 2.56. The summed E-state index contributed by atoms with van der Waals surface area (Å²) in [4.78, 5) is 41.3. The normalized spacial score (nSPS) is 21.4. The van der Waals surface area contributed by atoms with Gasteiger partial charge in [-0.1, -0.05) is 42.5 Å². The second kappa shape index (κ2) is 12.0. The number of amides is 3. The molecule has 1 N–H and O–H groups in total. The Kier molecular flexibility index (Phi) is 7.93. The van der Waals surface area contributed by atoms with Crippen molar-refractivity contribution < 1.29 is 27.5 Å². The van der Waals surface area contributed by atoms with Crippen molar-refractivity contribution in [1.82, 2.24) is 15.1 Å². The largest absolute Gasteiger partial charge is 0.377 e. The van der Waals surface area contributed by atoms with Crippen LogP contribution in [0, 0.1) is 0 Å². The lowest BCUT2D eigenvalue weighted by molar-refractivity contribution is -0.136. The van der Waals surface area contributed by atoms with Gasteiger partial charge < -0.3 is 9.64 Å². The maximum Gasteiger partial charge on any atom is 0.264 e. The van der Waals surface area contributed by atoms with Gasteiger partial charge >= 0.3 is 0 Å². The third-order valence-corrected chi connectivity index (χ3v) is 11.4. The highest BCUT2D eigenvalue weighted by molar-refractivity contribution is 7.92. The molecule has 0 bridgehead atoms. The molecule has 234 valence electrons. The number of benzene rings is 3. The molecular weight excluding hydrogens is 592 g/mol. The number of nitrogens with one attached hydrogen (secondary N) is 1. The van der Waals surface area contributed by atoms with Gasteiger partial charge in [-0.15, -0.1) is 0 Å². The lowest BCUT2D eigenvalue weighted by Gasteiger charge is -2.37. The third kappa shape index (κ3) is 5.76. The summed E-state index contributed by atoms with van der Waals surface area (Å²) in [7, 11) is -3.74. The number of fused-ring (bicyclic) bond motifs is 1. The first-order valence-electron chi connectivity index (χ1n) is 15.5. The summed E-state index contributed by atoms with van der Waals surface area (Å²) >= 11 is 0. The Morgan fingerprint density at radius 1 is 0.889 bits per heavy atom. The Hall–Kier alpha value is -4.06. The molecule has 7 rings (SSSR count). The van der Waals surface area contributed by atoms with Crippen LogP contribution in [0.25, 0.3) is 0 Å². The highest BCUT2D eigenvalue weighted by atomic mass is 32.2. The maximum absolute atomic E-state index is 13.7. The van der Waals surface area contributed by atoms with Gasteiger partial charge in [0.15, 0.2) is 0 Å². The molecule has 11 heteroatoms. The van der Waals surface area contributed by atoms with E-state index in [1.165, 1.54) is 9.87 Å². The molecule has 4 aliphatic heterocycles. The van der Waals surface area contributed by atoms with Crippen LogP contribution in [0.2, 0.25) is 0 Å². The van der Waals surface area contributed by atoms with Crippen molar-refractivity contribution in [2.45, 2.75) is 61.7 Å². The van der Waals surface area contributed by atoms with Crippen LogP contribution in [0.4, 0.5) is 5.69 Å². The van der Waals surface area contributed by atoms with E-state index < -0.39 is 22.0 Å². The molecule has 3 aromatic rings. The zero-order valence-electron chi connectivity index (χ0n) is 24.9. The number of hydrogen-bond acceptors (Lipinski definition) is 7. The molecule has 45 heavy (non-hydrogen) atoms. The number of carbonyl (C=O) groups is 3. The fourth-order valence-corrected chi connectivity index (χ4v) is 8.51. The molecule has 3 saturated heterocycles. The fraction of sp³-hybridized carbons (Fsp3) is 0.382. The molecule has 0 radical (unpaired) electrons. The predicted octanol–water partition coefficient (Wildman–Crippen LogP) is 3.42. The quantitative estimate of drug-likeness (QED) is 0.380. The lowest BCUT2D eigenvalue weighted by atomic mass is 9.87. The number of carbonyl (C=O) groups excluding carboxylic acids is 3. The maximum atomic E-state index is 13.7.